The molecule has 6 heteroatoms. The van der Waals surface area contributed by atoms with E-state index in [0.29, 0.717) is 17.6 Å². The SMILES string of the molecule is CCOc1ccccc1/C=N\Nc1nc(-c2ccccc2)c2cc(Cl)ccc2n1. The van der Waals surface area contributed by atoms with Crippen LogP contribution >= 0.6 is 11.6 Å². The van der Waals surface area contributed by atoms with Crippen molar-refractivity contribution in [3.05, 3.63) is 83.4 Å². The Morgan fingerprint density at radius 3 is 2.62 bits per heavy atom. The van der Waals surface area contributed by atoms with Crippen LogP contribution in [0.3, 0.4) is 0 Å². The summed E-state index contributed by atoms with van der Waals surface area (Å²) in [5, 5.41) is 5.84. The van der Waals surface area contributed by atoms with E-state index in [0.717, 1.165) is 33.5 Å². The summed E-state index contributed by atoms with van der Waals surface area (Å²) in [6, 6.07) is 23.2. The predicted octanol–water partition coefficient (Wildman–Crippen LogP) is 5.79. The van der Waals surface area contributed by atoms with Crippen LogP contribution in [0.4, 0.5) is 5.95 Å². The summed E-state index contributed by atoms with van der Waals surface area (Å²) in [6.45, 7) is 2.54. The van der Waals surface area contributed by atoms with Gasteiger partial charge in [0.2, 0.25) is 5.95 Å². The summed E-state index contributed by atoms with van der Waals surface area (Å²) in [5.41, 5.74) is 6.38. The first-order valence-corrected chi connectivity index (χ1v) is 9.66. The van der Waals surface area contributed by atoms with Gasteiger partial charge >= 0.3 is 0 Å². The molecule has 5 nitrogen and oxygen atoms in total. The van der Waals surface area contributed by atoms with Gasteiger partial charge in [-0.3, -0.25) is 0 Å². The number of aromatic nitrogens is 2. The minimum absolute atomic E-state index is 0.406. The van der Waals surface area contributed by atoms with E-state index in [4.69, 9.17) is 16.3 Å². The van der Waals surface area contributed by atoms with E-state index < -0.39 is 0 Å². The van der Waals surface area contributed by atoms with E-state index in [9.17, 15) is 0 Å². The summed E-state index contributed by atoms with van der Waals surface area (Å²) >= 11 is 6.20. The van der Waals surface area contributed by atoms with Crippen molar-refractivity contribution in [2.24, 2.45) is 5.10 Å². The second kappa shape index (κ2) is 8.71. The van der Waals surface area contributed by atoms with E-state index in [-0.39, 0.29) is 0 Å². The van der Waals surface area contributed by atoms with Crippen LogP contribution in [0.5, 0.6) is 5.75 Å². The Morgan fingerprint density at radius 1 is 1.00 bits per heavy atom. The van der Waals surface area contributed by atoms with Gasteiger partial charge in [-0.1, -0.05) is 54.1 Å². The number of hydrazone groups is 1. The number of nitrogens with zero attached hydrogens (tertiary/aromatic N) is 3. The molecule has 0 aliphatic carbocycles. The molecule has 0 bridgehead atoms. The number of hydrogen-bond acceptors (Lipinski definition) is 5. The molecular formula is C23H19ClN4O. The Morgan fingerprint density at radius 2 is 1.79 bits per heavy atom. The van der Waals surface area contributed by atoms with Crippen LogP contribution in [-0.2, 0) is 0 Å². The largest absolute Gasteiger partial charge is 0.493 e. The quantitative estimate of drug-likeness (QED) is 0.327. The van der Waals surface area contributed by atoms with Crippen molar-refractivity contribution in [2.75, 3.05) is 12.0 Å². The lowest BCUT2D eigenvalue weighted by Gasteiger charge is -2.09. The fourth-order valence-electron chi connectivity index (χ4n) is 3.00. The van der Waals surface area contributed by atoms with Crippen LogP contribution in [0, 0.1) is 0 Å². The van der Waals surface area contributed by atoms with Gasteiger partial charge in [0, 0.05) is 21.5 Å². The van der Waals surface area contributed by atoms with Crippen LogP contribution in [0.15, 0.2) is 77.9 Å². The van der Waals surface area contributed by atoms with Gasteiger partial charge < -0.3 is 4.74 Å². The molecule has 0 atom stereocenters. The standard InChI is InChI=1S/C23H19ClN4O/c1-2-29-21-11-7-6-10-17(21)15-25-28-23-26-20-13-12-18(24)14-19(20)22(27-23)16-8-4-3-5-9-16/h3-15H,2H2,1H3,(H,26,27,28)/b25-15-. The van der Waals surface area contributed by atoms with Crippen molar-refractivity contribution in [1.29, 1.82) is 0 Å². The smallest absolute Gasteiger partial charge is 0.244 e. The normalized spacial score (nSPS) is 11.1. The van der Waals surface area contributed by atoms with E-state index in [1.54, 1.807) is 6.21 Å². The highest BCUT2D eigenvalue weighted by molar-refractivity contribution is 6.31. The molecule has 4 rings (SSSR count). The summed E-state index contributed by atoms with van der Waals surface area (Å²) in [5.74, 6) is 1.18. The number of benzene rings is 3. The summed E-state index contributed by atoms with van der Waals surface area (Å²) < 4.78 is 5.62. The van der Waals surface area contributed by atoms with Crippen molar-refractivity contribution in [3.8, 4) is 17.0 Å². The second-order valence-corrected chi connectivity index (χ2v) is 6.70. The zero-order chi connectivity index (χ0) is 20.1. The molecule has 0 spiro atoms. The maximum absolute atomic E-state index is 6.20. The van der Waals surface area contributed by atoms with Crippen LogP contribution in [0.25, 0.3) is 22.2 Å². The number of anilines is 1. The molecule has 29 heavy (non-hydrogen) atoms. The third-order valence-electron chi connectivity index (χ3n) is 4.29. The Balaban J connectivity index is 1.69. The molecule has 1 N–H and O–H groups in total. The molecule has 3 aromatic carbocycles. The van der Waals surface area contributed by atoms with Gasteiger partial charge in [-0.15, -0.1) is 0 Å². The lowest BCUT2D eigenvalue weighted by atomic mass is 10.1. The first-order valence-electron chi connectivity index (χ1n) is 9.28. The highest BCUT2D eigenvalue weighted by atomic mass is 35.5. The molecule has 0 radical (unpaired) electrons. The van der Waals surface area contributed by atoms with E-state index in [2.05, 4.69) is 20.5 Å². The maximum atomic E-state index is 6.20. The van der Waals surface area contributed by atoms with E-state index in [1.165, 1.54) is 0 Å². The highest BCUT2D eigenvalue weighted by Gasteiger charge is 2.10. The minimum atomic E-state index is 0.406. The van der Waals surface area contributed by atoms with Crippen LogP contribution in [0.2, 0.25) is 5.02 Å². The topological polar surface area (TPSA) is 59.4 Å². The van der Waals surface area contributed by atoms with Crippen molar-refractivity contribution in [2.45, 2.75) is 6.92 Å². The van der Waals surface area contributed by atoms with E-state index >= 15 is 0 Å². The lowest BCUT2D eigenvalue weighted by molar-refractivity contribution is 0.340. The number of rotatable bonds is 6. The fraction of sp³-hybridized carbons (Fsp3) is 0.0870. The first kappa shape index (κ1) is 18.9. The van der Waals surface area contributed by atoms with Gasteiger partial charge in [0.05, 0.1) is 24.0 Å². The highest BCUT2D eigenvalue weighted by Crippen LogP contribution is 2.29. The summed E-state index contributed by atoms with van der Waals surface area (Å²) in [6.07, 6.45) is 1.70. The fourth-order valence-corrected chi connectivity index (χ4v) is 3.17. The Bertz CT molecular complexity index is 1160. The van der Waals surface area contributed by atoms with Gasteiger partial charge in [0.15, 0.2) is 0 Å². The number of para-hydroxylation sites is 1. The molecule has 0 unspecified atom stereocenters. The predicted molar refractivity (Wildman–Crippen MR) is 119 cm³/mol. The number of ether oxygens (including phenoxy) is 1. The molecule has 1 aromatic heterocycles. The Kier molecular flexibility index (Phi) is 5.68. The van der Waals surface area contributed by atoms with Crippen LogP contribution in [-0.4, -0.2) is 22.8 Å². The minimum Gasteiger partial charge on any atom is -0.493 e. The number of halogens is 1. The molecule has 1 heterocycles. The summed E-state index contributed by atoms with van der Waals surface area (Å²) in [7, 11) is 0. The maximum Gasteiger partial charge on any atom is 0.244 e. The number of nitrogens with one attached hydrogen (secondary N) is 1. The van der Waals surface area contributed by atoms with Gasteiger partial charge in [-0.25, -0.2) is 15.4 Å². The van der Waals surface area contributed by atoms with Crippen LogP contribution in [0.1, 0.15) is 12.5 Å². The van der Waals surface area contributed by atoms with Gasteiger partial charge in [-0.2, -0.15) is 5.10 Å². The zero-order valence-corrected chi connectivity index (χ0v) is 16.6. The molecule has 0 aliphatic heterocycles. The average molecular weight is 403 g/mol. The van der Waals surface area contributed by atoms with Gasteiger partial charge in [0.25, 0.3) is 0 Å². The van der Waals surface area contributed by atoms with Crippen molar-refractivity contribution in [3.63, 3.8) is 0 Å². The number of fused-ring (bicyclic) bond motifs is 1. The van der Waals surface area contributed by atoms with Gasteiger partial charge in [-0.05, 0) is 37.3 Å². The molecule has 0 fully saturated rings. The van der Waals surface area contributed by atoms with Crippen molar-refractivity contribution in [1.82, 2.24) is 9.97 Å². The Hall–Kier alpha value is -3.44. The van der Waals surface area contributed by atoms with E-state index in [1.807, 2.05) is 79.7 Å². The monoisotopic (exact) mass is 402 g/mol. The summed E-state index contributed by atoms with van der Waals surface area (Å²) in [4.78, 5) is 9.24. The van der Waals surface area contributed by atoms with Crippen molar-refractivity contribution < 1.29 is 4.74 Å². The second-order valence-electron chi connectivity index (χ2n) is 6.26. The first-order chi connectivity index (χ1) is 14.2. The third-order valence-corrected chi connectivity index (χ3v) is 4.53. The molecule has 4 aromatic rings. The molecule has 144 valence electrons. The van der Waals surface area contributed by atoms with Crippen LogP contribution < -0.4 is 10.2 Å². The van der Waals surface area contributed by atoms with Gasteiger partial charge in [0.1, 0.15) is 5.75 Å². The Labute approximate surface area is 174 Å². The third kappa shape index (κ3) is 4.36. The molecule has 0 amide bonds. The molecule has 0 saturated heterocycles. The van der Waals surface area contributed by atoms with Crippen molar-refractivity contribution >= 4 is 34.7 Å². The molecule has 0 saturated carbocycles. The number of hydrogen-bond donors (Lipinski definition) is 1. The average Bonchev–Trinajstić information content (AvgIpc) is 2.75. The molecular weight excluding hydrogens is 384 g/mol. The molecule has 0 aliphatic rings. The lowest BCUT2D eigenvalue weighted by Crippen LogP contribution is -2.01. The zero-order valence-electron chi connectivity index (χ0n) is 15.8.